The molecule has 0 radical (unpaired) electrons. The number of ether oxygens (including phenoxy) is 1. The highest BCUT2D eigenvalue weighted by molar-refractivity contribution is 5.86. The maximum Gasteiger partial charge on any atom is 0.164 e. The van der Waals surface area contributed by atoms with Gasteiger partial charge in [-0.05, 0) is 17.7 Å². The summed E-state index contributed by atoms with van der Waals surface area (Å²) < 4.78 is 34.1. The molecule has 5 atom stereocenters. The number of rotatable bonds is 3. The number of fused-ring (bicyclic) bond motifs is 1. The van der Waals surface area contributed by atoms with Crippen LogP contribution in [0.2, 0.25) is 0 Å². The number of nitrogens with zero attached hydrogens (tertiary/aromatic N) is 3. The van der Waals surface area contributed by atoms with E-state index in [0.29, 0.717) is 5.56 Å². The maximum absolute atomic E-state index is 14.2. The van der Waals surface area contributed by atoms with Crippen LogP contribution in [0.4, 0.5) is 14.6 Å². The van der Waals surface area contributed by atoms with E-state index < -0.39 is 42.3 Å². The fourth-order valence-corrected chi connectivity index (χ4v) is 3.28. The van der Waals surface area contributed by atoms with Crippen LogP contribution >= 0.6 is 0 Å². The summed E-state index contributed by atoms with van der Waals surface area (Å²) in [5.41, 5.74) is 6.04. The number of aliphatic hydroxyl groups is 3. The Kier molecular flexibility index (Phi) is 4.27. The second-order valence-corrected chi connectivity index (χ2v) is 6.31. The van der Waals surface area contributed by atoms with Crippen molar-refractivity contribution in [1.29, 1.82) is 0 Å². The molecule has 8 nitrogen and oxygen atoms in total. The molecule has 1 fully saturated rings. The molecule has 10 heteroatoms. The number of aromatic nitrogens is 3. The van der Waals surface area contributed by atoms with Crippen LogP contribution in [0, 0.1) is 11.6 Å². The van der Waals surface area contributed by atoms with Gasteiger partial charge in [-0.25, -0.2) is 18.7 Å². The second-order valence-electron chi connectivity index (χ2n) is 6.31. The molecule has 27 heavy (non-hydrogen) atoms. The van der Waals surface area contributed by atoms with Crippen LogP contribution in [0.15, 0.2) is 36.8 Å². The van der Waals surface area contributed by atoms with Crippen molar-refractivity contribution < 1.29 is 28.8 Å². The van der Waals surface area contributed by atoms with Gasteiger partial charge in [-0.15, -0.1) is 0 Å². The molecule has 0 unspecified atom stereocenters. The van der Waals surface area contributed by atoms with Gasteiger partial charge in [0.15, 0.2) is 17.7 Å². The van der Waals surface area contributed by atoms with Crippen LogP contribution in [0.3, 0.4) is 0 Å². The lowest BCUT2D eigenvalue weighted by Gasteiger charge is -2.21. The minimum Gasteiger partial charge on any atom is -0.387 e. The van der Waals surface area contributed by atoms with Crippen molar-refractivity contribution in [2.75, 3.05) is 5.73 Å². The fraction of sp³-hybridized carbons (Fsp3) is 0.294. The third-order valence-corrected chi connectivity index (χ3v) is 4.66. The number of nitrogens with two attached hydrogens (primary N) is 1. The lowest BCUT2D eigenvalue weighted by molar-refractivity contribution is -0.0849. The molecule has 0 bridgehead atoms. The summed E-state index contributed by atoms with van der Waals surface area (Å²) in [4.78, 5) is 7.68. The van der Waals surface area contributed by atoms with Crippen molar-refractivity contribution in [2.24, 2.45) is 0 Å². The van der Waals surface area contributed by atoms with E-state index in [0.717, 1.165) is 24.7 Å². The summed E-state index contributed by atoms with van der Waals surface area (Å²) >= 11 is 0. The normalized spacial score (nSPS) is 26.6. The van der Waals surface area contributed by atoms with Crippen molar-refractivity contribution in [3.8, 4) is 0 Å². The number of hydrogen-bond donors (Lipinski definition) is 4. The summed E-state index contributed by atoms with van der Waals surface area (Å²) in [7, 11) is 0. The van der Waals surface area contributed by atoms with E-state index in [1.54, 1.807) is 0 Å². The first kappa shape index (κ1) is 17.7. The van der Waals surface area contributed by atoms with E-state index in [-0.39, 0.29) is 16.9 Å². The Balaban J connectivity index is 1.68. The number of benzene rings is 1. The monoisotopic (exact) mass is 378 g/mol. The highest BCUT2D eigenvalue weighted by Gasteiger charge is 2.47. The predicted octanol–water partition coefficient (Wildman–Crippen LogP) is 0.644. The van der Waals surface area contributed by atoms with E-state index in [2.05, 4.69) is 9.97 Å². The minimum absolute atomic E-state index is 0.0367. The molecule has 1 aliphatic heterocycles. The average molecular weight is 378 g/mol. The van der Waals surface area contributed by atoms with Gasteiger partial charge in [0.25, 0.3) is 0 Å². The second kappa shape index (κ2) is 6.50. The zero-order valence-electron chi connectivity index (χ0n) is 13.8. The molecular weight excluding hydrogens is 362 g/mol. The molecule has 1 saturated heterocycles. The van der Waals surface area contributed by atoms with Gasteiger partial charge in [-0.3, -0.25) is 0 Å². The van der Waals surface area contributed by atoms with E-state index in [1.165, 1.54) is 16.7 Å². The first-order chi connectivity index (χ1) is 12.9. The fourth-order valence-electron chi connectivity index (χ4n) is 3.28. The van der Waals surface area contributed by atoms with E-state index in [9.17, 15) is 24.1 Å². The quantitative estimate of drug-likeness (QED) is 0.527. The van der Waals surface area contributed by atoms with Gasteiger partial charge in [-0.2, -0.15) is 0 Å². The third kappa shape index (κ3) is 2.82. The number of halogens is 2. The zero-order valence-corrected chi connectivity index (χ0v) is 13.8. The van der Waals surface area contributed by atoms with Crippen LogP contribution in [-0.4, -0.2) is 48.2 Å². The summed E-state index contributed by atoms with van der Waals surface area (Å²) in [6.45, 7) is 0. The molecule has 4 rings (SSSR count). The Labute approximate surface area is 151 Å². The number of anilines is 1. The van der Waals surface area contributed by atoms with Crippen LogP contribution in [-0.2, 0) is 4.74 Å². The van der Waals surface area contributed by atoms with Crippen molar-refractivity contribution in [3.05, 3.63) is 54.0 Å². The molecule has 5 N–H and O–H groups in total. The molecule has 142 valence electrons. The van der Waals surface area contributed by atoms with Gasteiger partial charge in [0, 0.05) is 6.20 Å². The van der Waals surface area contributed by atoms with Gasteiger partial charge in [0.05, 0.1) is 5.39 Å². The SMILES string of the molecule is Nc1ncnc2c1c(F)cn2[C@@H]1O[C@H]([C@@H](O)c2ccc(F)cc2)[C@@H](O)[C@H]1O. The molecular formula is C17H16F2N4O4. The minimum atomic E-state index is -1.48. The van der Waals surface area contributed by atoms with Crippen LogP contribution < -0.4 is 5.73 Å². The standard InChI is InChI=1S/C17H16F2N4O4/c18-8-3-1-7(2-4-8)11(24)14-12(25)13(26)17(27-14)23-5-9(19)10-15(20)21-6-22-16(10)23/h1-6,11-14,17,24-26H,(H2,20,21,22)/t11-,12-,13+,14+,17+/m0/s1. The largest absolute Gasteiger partial charge is 0.387 e. The zero-order chi connectivity index (χ0) is 19.3. The first-order valence-corrected chi connectivity index (χ1v) is 8.10. The van der Waals surface area contributed by atoms with E-state index in [4.69, 9.17) is 10.5 Å². The lowest BCUT2D eigenvalue weighted by Crippen LogP contribution is -2.34. The molecule has 0 saturated carbocycles. The number of hydrogen-bond acceptors (Lipinski definition) is 7. The van der Waals surface area contributed by atoms with Gasteiger partial charge in [0.2, 0.25) is 0 Å². The van der Waals surface area contributed by atoms with Gasteiger partial charge in [-0.1, -0.05) is 12.1 Å². The highest BCUT2D eigenvalue weighted by Crippen LogP contribution is 2.38. The summed E-state index contributed by atoms with van der Waals surface area (Å²) in [5.74, 6) is -1.27. The van der Waals surface area contributed by atoms with Crippen LogP contribution in [0.25, 0.3) is 11.0 Å². The Hall–Kier alpha value is -2.66. The Bertz CT molecular complexity index is 981. The van der Waals surface area contributed by atoms with Crippen molar-refractivity contribution >= 4 is 16.9 Å². The molecule has 0 spiro atoms. The lowest BCUT2D eigenvalue weighted by atomic mass is 9.99. The molecule has 2 aromatic heterocycles. The van der Waals surface area contributed by atoms with Crippen LogP contribution in [0.1, 0.15) is 17.9 Å². The van der Waals surface area contributed by atoms with E-state index in [1.807, 2.05) is 0 Å². The maximum atomic E-state index is 14.2. The van der Waals surface area contributed by atoms with E-state index >= 15 is 0 Å². The molecule has 0 aliphatic carbocycles. The van der Waals surface area contributed by atoms with Gasteiger partial charge >= 0.3 is 0 Å². The Morgan fingerprint density at radius 1 is 1.11 bits per heavy atom. The summed E-state index contributed by atoms with van der Waals surface area (Å²) in [6.07, 6.45) is -4.58. The van der Waals surface area contributed by atoms with Crippen molar-refractivity contribution in [1.82, 2.24) is 14.5 Å². The van der Waals surface area contributed by atoms with Gasteiger partial charge in [0.1, 0.15) is 42.4 Å². The summed E-state index contributed by atoms with van der Waals surface area (Å²) in [6, 6.07) is 4.99. The van der Waals surface area contributed by atoms with Gasteiger partial charge < -0.3 is 30.4 Å². The summed E-state index contributed by atoms with van der Waals surface area (Å²) in [5, 5.41) is 31.2. The van der Waals surface area contributed by atoms with Crippen molar-refractivity contribution in [3.63, 3.8) is 0 Å². The Morgan fingerprint density at radius 2 is 1.81 bits per heavy atom. The smallest absolute Gasteiger partial charge is 0.164 e. The predicted molar refractivity (Wildman–Crippen MR) is 89.2 cm³/mol. The topological polar surface area (TPSA) is 127 Å². The molecule has 3 heterocycles. The average Bonchev–Trinajstić information content (AvgIpc) is 3.13. The molecule has 1 aliphatic rings. The number of nitrogen functional groups attached to an aromatic ring is 1. The van der Waals surface area contributed by atoms with Crippen LogP contribution in [0.5, 0.6) is 0 Å². The molecule has 1 aromatic carbocycles. The number of aliphatic hydroxyl groups excluding tert-OH is 3. The molecule has 3 aromatic rings. The Morgan fingerprint density at radius 3 is 2.52 bits per heavy atom. The highest BCUT2D eigenvalue weighted by atomic mass is 19.1. The molecule has 0 amide bonds. The third-order valence-electron chi connectivity index (χ3n) is 4.66. The first-order valence-electron chi connectivity index (χ1n) is 8.10. The van der Waals surface area contributed by atoms with Crippen molar-refractivity contribution in [2.45, 2.75) is 30.6 Å².